The van der Waals surface area contributed by atoms with E-state index < -0.39 is 0 Å². The van der Waals surface area contributed by atoms with E-state index in [1.165, 1.54) is 19.3 Å². The molecule has 1 aliphatic carbocycles. The average molecular weight is 273 g/mol. The van der Waals surface area contributed by atoms with Gasteiger partial charge in [-0.2, -0.15) is 0 Å². The van der Waals surface area contributed by atoms with Gasteiger partial charge in [-0.15, -0.1) is 5.10 Å². The summed E-state index contributed by atoms with van der Waals surface area (Å²) in [5, 5.41) is 8.47. The van der Waals surface area contributed by atoms with Gasteiger partial charge in [0.05, 0.1) is 12.7 Å². The maximum absolute atomic E-state index is 4.30. The van der Waals surface area contributed by atoms with Gasteiger partial charge in [-0.1, -0.05) is 11.6 Å². The van der Waals surface area contributed by atoms with Crippen molar-refractivity contribution in [1.82, 2.24) is 35.4 Å². The number of hydrazine groups is 1. The minimum atomic E-state index is 0.443. The molecule has 3 unspecified atom stereocenters. The minimum absolute atomic E-state index is 0.443. The maximum Gasteiger partial charge on any atom is 0.161 e. The van der Waals surface area contributed by atoms with Crippen LogP contribution in [0, 0.1) is 5.92 Å². The molecule has 0 spiro atoms. The summed E-state index contributed by atoms with van der Waals surface area (Å²) in [5.74, 6) is 1.57. The Morgan fingerprint density at radius 3 is 3.15 bits per heavy atom. The fraction of sp³-hybridized carbons (Fsp3) is 0.615. The Morgan fingerprint density at radius 2 is 2.30 bits per heavy atom. The summed E-state index contributed by atoms with van der Waals surface area (Å²) >= 11 is 0. The molecule has 4 rings (SSSR count). The Morgan fingerprint density at radius 1 is 1.35 bits per heavy atom. The first-order chi connectivity index (χ1) is 9.81. The van der Waals surface area contributed by atoms with Crippen molar-refractivity contribution >= 4 is 0 Å². The summed E-state index contributed by atoms with van der Waals surface area (Å²) < 4.78 is 3.88. The largest absolute Gasteiger partial charge is 0.333 e. The third-order valence-corrected chi connectivity index (χ3v) is 4.51. The molecule has 2 aliphatic rings. The lowest BCUT2D eigenvalue weighted by Gasteiger charge is -2.15. The van der Waals surface area contributed by atoms with Crippen LogP contribution in [0.2, 0.25) is 0 Å². The fourth-order valence-electron chi connectivity index (χ4n) is 3.46. The molecule has 106 valence electrons. The number of fused-ring (bicyclic) bond motifs is 1. The van der Waals surface area contributed by atoms with E-state index in [9.17, 15) is 0 Å². The third-order valence-electron chi connectivity index (χ3n) is 4.51. The summed E-state index contributed by atoms with van der Waals surface area (Å²) in [6.45, 7) is 0.853. The van der Waals surface area contributed by atoms with Crippen LogP contribution in [0.15, 0.2) is 18.6 Å². The molecule has 2 aromatic heterocycles. The van der Waals surface area contributed by atoms with Crippen LogP contribution in [0.3, 0.4) is 0 Å². The highest BCUT2D eigenvalue weighted by Crippen LogP contribution is 2.32. The van der Waals surface area contributed by atoms with E-state index >= 15 is 0 Å². The van der Waals surface area contributed by atoms with E-state index in [0.717, 1.165) is 24.0 Å². The molecule has 1 aliphatic heterocycles. The molecule has 20 heavy (non-hydrogen) atoms. The first kappa shape index (κ1) is 12.0. The second kappa shape index (κ2) is 4.68. The molecule has 0 amide bonds. The van der Waals surface area contributed by atoms with Crippen LogP contribution in [-0.4, -0.2) is 36.6 Å². The predicted octanol–water partition coefficient (Wildman–Crippen LogP) is 0.324. The second-order valence-electron chi connectivity index (χ2n) is 5.78. The lowest BCUT2D eigenvalue weighted by Crippen LogP contribution is -2.36. The van der Waals surface area contributed by atoms with E-state index in [0.29, 0.717) is 12.1 Å². The van der Waals surface area contributed by atoms with Gasteiger partial charge in [0.25, 0.3) is 0 Å². The maximum atomic E-state index is 4.30. The van der Waals surface area contributed by atoms with Crippen LogP contribution in [0.5, 0.6) is 0 Å². The van der Waals surface area contributed by atoms with Crippen LogP contribution < -0.4 is 10.9 Å². The quantitative estimate of drug-likeness (QED) is 0.843. The van der Waals surface area contributed by atoms with Crippen molar-refractivity contribution in [2.75, 3.05) is 0 Å². The normalized spacial score (nSPS) is 28.9. The van der Waals surface area contributed by atoms with Crippen molar-refractivity contribution in [3.8, 4) is 11.5 Å². The van der Waals surface area contributed by atoms with Gasteiger partial charge in [0, 0.05) is 31.5 Å². The number of nitrogens with zero attached hydrogens (tertiary/aromatic N) is 5. The number of hydrogen-bond donors (Lipinski definition) is 2. The van der Waals surface area contributed by atoms with Crippen molar-refractivity contribution < 1.29 is 0 Å². The van der Waals surface area contributed by atoms with Gasteiger partial charge in [0.1, 0.15) is 5.69 Å². The Kier molecular flexibility index (Phi) is 2.82. The highest BCUT2D eigenvalue weighted by atomic mass is 15.5. The molecule has 7 heteroatoms. The first-order valence-corrected chi connectivity index (χ1v) is 7.20. The monoisotopic (exact) mass is 273 g/mol. The molecule has 1 saturated carbocycles. The molecule has 0 radical (unpaired) electrons. The van der Waals surface area contributed by atoms with Gasteiger partial charge in [-0.3, -0.25) is 15.5 Å². The van der Waals surface area contributed by atoms with Gasteiger partial charge >= 0.3 is 0 Å². The van der Waals surface area contributed by atoms with Gasteiger partial charge in [0.15, 0.2) is 5.82 Å². The van der Waals surface area contributed by atoms with Crippen LogP contribution in [0.25, 0.3) is 11.5 Å². The molecule has 3 heterocycles. The van der Waals surface area contributed by atoms with Crippen LogP contribution in [-0.2, 0) is 13.6 Å². The summed E-state index contributed by atoms with van der Waals surface area (Å²) in [7, 11) is 1.97. The Bertz CT molecular complexity index is 601. The van der Waals surface area contributed by atoms with E-state index in [1.54, 1.807) is 6.20 Å². The van der Waals surface area contributed by atoms with E-state index in [4.69, 9.17) is 0 Å². The zero-order valence-corrected chi connectivity index (χ0v) is 11.5. The van der Waals surface area contributed by atoms with Crippen LogP contribution >= 0.6 is 0 Å². The van der Waals surface area contributed by atoms with Crippen LogP contribution in [0.1, 0.15) is 19.3 Å². The van der Waals surface area contributed by atoms with Gasteiger partial charge < -0.3 is 4.57 Å². The van der Waals surface area contributed by atoms with E-state index in [2.05, 4.69) is 26.1 Å². The topological polar surface area (TPSA) is 72.6 Å². The summed E-state index contributed by atoms with van der Waals surface area (Å²) in [4.78, 5) is 4.30. The Balaban J connectivity index is 1.50. The minimum Gasteiger partial charge on any atom is -0.333 e. The zero-order chi connectivity index (χ0) is 13.5. The van der Waals surface area contributed by atoms with Crippen LogP contribution in [0.4, 0.5) is 0 Å². The number of rotatable bonds is 3. The lowest BCUT2D eigenvalue weighted by molar-refractivity contribution is 0.374. The molecule has 2 N–H and O–H groups in total. The molecule has 1 saturated heterocycles. The molecule has 0 aromatic carbocycles. The summed E-state index contributed by atoms with van der Waals surface area (Å²) in [6.07, 6.45) is 9.59. The Labute approximate surface area is 117 Å². The molecule has 2 fully saturated rings. The number of aromatic nitrogens is 5. The zero-order valence-electron chi connectivity index (χ0n) is 11.5. The van der Waals surface area contributed by atoms with Gasteiger partial charge in [-0.05, 0) is 18.8 Å². The highest BCUT2D eigenvalue weighted by molar-refractivity contribution is 5.46. The molecular weight excluding hydrogens is 254 g/mol. The van der Waals surface area contributed by atoms with Crippen molar-refractivity contribution in [3.05, 3.63) is 18.6 Å². The standard InChI is InChI=1S/C13H19N7/c1-19-6-5-14-13(19)12-8-20(18-17-12)7-11-9-3-2-4-10(9)15-16-11/h5-6,8-11,15-16H,2-4,7H2,1H3. The second-order valence-corrected chi connectivity index (χ2v) is 5.78. The fourth-order valence-corrected chi connectivity index (χ4v) is 3.46. The van der Waals surface area contributed by atoms with E-state index in [1.807, 2.05) is 28.7 Å². The van der Waals surface area contributed by atoms with Gasteiger partial charge in [0.2, 0.25) is 0 Å². The number of hydrogen-bond acceptors (Lipinski definition) is 5. The molecule has 0 bridgehead atoms. The number of imidazole rings is 1. The molecular formula is C13H19N7. The molecule has 7 nitrogen and oxygen atoms in total. The van der Waals surface area contributed by atoms with Crippen molar-refractivity contribution in [2.45, 2.75) is 37.9 Å². The lowest BCUT2D eigenvalue weighted by atomic mass is 9.97. The third kappa shape index (κ3) is 1.94. The Hall–Kier alpha value is -1.73. The summed E-state index contributed by atoms with van der Waals surface area (Å²) in [6, 6.07) is 1.08. The number of nitrogens with one attached hydrogen (secondary N) is 2. The SMILES string of the molecule is Cn1ccnc1-c1cn(CC2NNC3CCCC32)nn1. The first-order valence-electron chi connectivity index (χ1n) is 7.20. The molecule has 3 atom stereocenters. The van der Waals surface area contributed by atoms with Crippen molar-refractivity contribution in [3.63, 3.8) is 0 Å². The van der Waals surface area contributed by atoms with Crippen molar-refractivity contribution in [2.24, 2.45) is 13.0 Å². The average Bonchev–Trinajstić information content (AvgIpc) is 3.16. The number of aryl methyl sites for hydroxylation is 1. The van der Waals surface area contributed by atoms with Crippen molar-refractivity contribution in [1.29, 1.82) is 0 Å². The highest BCUT2D eigenvalue weighted by Gasteiger charge is 2.39. The predicted molar refractivity (Wildman–Crippen MR) is 73.4 cm³/mol. The van der Waals surface area contributed by atoms with Gasteiger partial charge in [-0.25, -0.2) is 4.98 Å². The summed E-state index contributed by atoms with van der Waals surface area (Å²) in [5.41, 5.74) is 7.63. The van der Waals surface area contributed by atoms with E-state index in [-0.39, 0.29) is 0 Å². The smallest absolute Gasteiger partial charge is 0.161 e. The molecule has 2 aromatic rings.